The summed E-state index contributed by atoms with van der Waals surface area (Å²) in [5, 5.41) is 0. The molecule has 2 aromatic carbocycles. The van der Waals surface area contributed by atoms with Gasteiger partial charge >= 0.3 is 18.5 Å². The maximum absolute atomic E-state index is 13.4. The number of unbranched alkanes of at least 4 members (excludes halogenated alkanes) is 2. The smallest absolute Gasteiger partial charge is 0.345 e. The van der Waals surface area contributed by atoms with Crippen molar-refractivity contribution in [1.82, 2.24) is 9.47 Å². The molecule has 0 aliphatic heterocycles. The Morgan fingerprint density at radius 2 is 1.38 bits per heavy atom. The first kappa shape index (κ1) is 30.1. The number of aromatic nitrogens is 1. The lowest BCUT2D eigenvalue weighted by Crippen LogP contribution is -2.33. The van der Waals surface area contributed by atoms with E-state index in [1.54, 1.807) is 22.9 Å². The number of carbonyl (C=O) groups is 1. The Labute approximate surface area is 218 Å². The molecule has 0 atom stereocenters. The van der Waals surface area contributed by atoms with Crippen LogP contribution in [0.4, 0.5) is 39.5 Å². The van der Waals surface area contributed by atoms with E-state index >= 15 is 0 Å². The highest BCUT2D eigenvalue weighted by Crippen LogP contribution is 2.37. The first-order chi connectivity index (χ1) is 18.1. The molecule has 39 heavy (non-hydrogen) atoms. The standard InChI is InChI=1S/C27H25F9N2O/c1-2-3-4-10-38(24(39)19-13-21(26(31,32)33)15-22(14-19)27(34,35)36)17-23-9-6-11-37(23)16-18-7-5-8-20(12-18)25(28,29)30/h5-9,11-15H,2-4,10,16-17H2,1H3. The number of nitrogens with zero attached hydrogens (tertiary/aromatic N) is 2. The minimum atomic E-state index is -5.11. The Hall–Kier alpha value is -3.44. The number of benzene rings is 2. The average molecular weight is 564 g/mol. The van der Waals surface area contributed by atoms with Crippen LogP contribution in [0.3, 0.4) is 0 Å². The molecule has 0 bridgehead atoms. The van der Waals surface area contributed by atoms with Crippen molar-refractivity contribution in [2.24, 2.45) is 0 Å². The van der Waals surface area contributed by atoms with Crippen LogP contribution in [0.5, 0.6) is 0 Å². The molecule has 0 fully saturated rings. The van der Waals surface area contributed by atoms with Crippen molar-refractivity contribution < 1.29 is 44.3 Å². The van der Waals surface area contributed by atoms with Gasteiger partial charge in [0.05, 0.1) is 23.2 Å². The number of halogens is 9. The summed E-state index contributed by atoms with van der Waals surface area (Å²) in [6, 6.07) is 8.58. The zero-order valence-corrected chi connectivity index (χ0v) is 20.7. The molecule has 3 aromatic rings. The van der Waals surface area contributed by atoms with Gasteiger partial charge < -0.3 is 9.47 Å². The normalized spacial score (nSPS) is 12.6. The van der Waals surface area contributed by atoms with Crippen LogP contribution in [0.25, 0.3) is 0 Å². The van der Waals surface area contributed by atoms with E-state index in [9.17, 15) is 44.3 Å². The van der Waals surface area contributed by atoms with Crippen LogP contribution >= 0.6 is 0 Å². The van der Waals surface area contributed by atoms with Crippen LogP contribution in [-0.2, 0) is 31.6 Å². The second kappa shape index (κ2) is 11.7. The first-order valence-electron chi connectivity index (χ1n) is 12.0. The summed E-state index contributed by atoms with van der Waals surface area (Å²) in [5.41, 5.74) is -4.02. The summed E-state index contributed by atoms with van der Waals surface area (Å²) >= 11 is 0. The van der Waals surface area contributed by atoms with Gasteiger partial charge in [0.25, 0.3) is 5.91 Å². The van der Waals surface area contributed by atoms with Crippen molar-refractivity contribution in [3.05, 3.63) is 94.3 Å². The van der Waals surface area contributed by atoms with Gasteiger partial charge in [-0.1, -0.05) is 31.9 Å². The fourth-order valence-corrected chi connectivity index (χ4v) is 4.05. The van der Waals surface area contributed by atoms with Gasteiger partial charge in [-0.25, -0.2) is 0 Å². The summed E-state index contributed by atoms with van der Waals surface area (Å²) < 4.78 is 121. The minimum absolute atomic E-state index is 0.00498. The molecule has 0 saturated heterocycles. The third-order valence-electron chi connectivity index (χ3n) is 6.04. The minimum Gasteiger partial charge on any atom is -0.345 e. The summed E-state index contributed by atoms with van der Waals surface area (Å²) in [5.74, 6) is -1.02. The molecule has 0 aliphatic carbocycles. The number of amides is 1. The van der Waals surface area contributed by atoms with Crippen molar-refractivity contribution in [2.75, 3.05) is 6.54 Å². The van der Waals surface area contributed by atoms with Crippen LogP contribution < -0.4 is 0 Å². The van der Waals surface area contributed by atoms with Crippen LogP contribution in [0, 0.1) is 0 Å². The van der Waals surface area contributed by atoms with Crippen LogP contribution in [0.1, 0.15) is 64.5 Å². The molecule has 212 valence electrons. The van der Waals surface area contributed by atoms with E-state index in [0.717, 1.165) is 23.5 Å². The van der Waals surface area contributed by atoms with E-state index in [0.29, 0.717) is 36.2 Å². The molecule has 0 N–H and O–H groups in total. The largest absolute Gasteiger partial charge is 0.416 e. The molecule has 0 saturated carbocycles. The van der Waals surface area contributed by atoms with E-state index in [1.807, 2.05) is 6.92 Å². The molecule has 1 aromatic heterocycles. The Kier molecular flexibility index (Phi) is 9.07. The lowest BCUT2D eigenvalue weighted by atomic mass is 10.0. The second-order valence-electron chi connectivity index (χ2n) is 9.05. The highest BCUT2D eigenvalue weighted by atomic mass is 19.4. The van der Waals surface area contributed by atoms with Gasteiger partial charge in [-0.3, -0.25) is 4.79 Å². The monoisotopic (exact) mass is 564 g/mol. The maximum Gasteiger partial charge on any atom is 0.416 e. The number of hydrogen-bond donors (Lipinski definition) is 0. The number of alkyl halides is 9. The fourth-order valence-electron chi connectivity index (χ4n) is 4.05. The molecule has 0 aliphatic rings. The molecule has 0 radical (unpaired) electrons. The molecule has 0 unspecified atom stereocenters. The molecule has 1 heterocycles. The van der Waals surface area contributed by atoms with Crippen molar-refractivity contribution in [3.8, 4) is 0 Å². The predicted octanol–water partition coefficient (Wildman–Crippen LogP) is 8.43. The first-order valence-corrected chi connectivity index (χ1v) is 12.0. The quantitative estimate of drug-likeness (QED) is 0.189. The van der Waals surface area contributed by atoms with E-state index in [-0.39, 0.29) is 25.7 Å². The van der Waals surface area contributed by atoms with Crippen molar-refractivity contribution in [3.63, 3.8) is 0 Å². The van der Waals surface area contributed by atoms with E-state index in [2.05, 4.69) is 0 Å². The third kappa shape index (κ3) is 8.03. The van der Waals surface area contributed by atoms with Crippen LogP contribution in [0.15, 0.2) is 60.8 Å². The fraction of sp³-hybridized carbons (Fsp3) is 0.370. The van der Waals surface area contributed by atoms with Gasteiger partial charge in [-0.15, -0.1) is 0 Å². The molecule has 3 nitrogen and oxygen atoms in total. The molecule has 0 spiro atoms. The topological polar surface area (TPSA) is 25.2 Å². The van der Waals surface area contributed by atoms with Crippen molar-refractivity contribution in [1.29, 1.82) is 0 Å². The highest BCUT2D eigenvalue weighted by molar-refractivity contribution is 5.94. The Bertz CT molecular complexity index is 1240. The predicted molar refractivity (Wildman–Crippen MR) is 126 cm³/mol. The van der Waals surface area contributed by atoms with Gasteiger partial charge in [-0.05, 0) is 54.4 Å². The van der Waals surface area contributed by atoms with Gasteiger partial charge in [0, 0.05) is 30.5 Å². The number of rotatable bonds is 9. The van der Waals surface area contributed by atoms with Gasteiger partial charge in [-0.2, -0.15) is 39.5 Å². The maximum atomic E-state index is 13.4. The summed E-state index contributed by atoms with van der Waals surface area (Å²) in [4.78, 5) is 14.5. The lowest BCUT2D eigenvalue weighted by Gasteiger charge is -2.25. The van der Waals surface area contributed by atoms with Gasteiger partial charge in [0.1, 0.15) is 0 Å². The van der Waals surface area contributed by atoms with Crippen molar-refractivity contribution >= 4 is 5.91 Å². The molecule has 12 heteroatoms. The molecular weight excluding hydrogens is 539 g/mol. The van der Waals surface area contributed by atoms with Gasteiger partial charge in [0.2, 0.25) is 0 Å². The van der Waals surface area contributed by atoms with E-state index in [1.165, 1.54) is 12.1 Å². The number of hydrogen-bond acceptors (Lipinski definition) is 1. The zero-order chi connectivity index (χ0) is 29.0. The van der Waals surface area contributed by atoms with Crippen LogP contribution in [-0.4, -0.2) is 21.9 Å². The molecule has 1 amide bonds. The highest BCUT2D eigenvalue weighted by Gasteiger charge is 2.38. The zero-order valence-electron chi connectivity index (χ0n) is 20.7. The third-order valence-corrected chi connectivity index (χ3v) is 6.04. The molecule has 3 rings (SSSR count). The summed E-state index contributed by atoms with van der Waals surface area (Å²) in [7, 11) is 0. The lowest BCUT2D eigenvalue weighted by molar-refractivity contribution is -0.143. The van der Waals surface area contributed by atoms with Crippen molar-refractivity contribution in [2.45, 2.75) is 57.8 Å². The van der Waals surface area contributed by atoms with E-state index < -0.39 is 46.7 Å². The van der Waals surface area contributed by atoms with Crippen LogP contribution in [0.2, 0.25) is 0 Å². The molecular formula is C27H25F9N2O. The summed E-state index contributed by atoms with van der Waals surface area (Å²) in [6.45, 7) is 1.77. The number of carbonyl (C=O) groups excluding carboxylic acids is 1. The SMILES string of the molecule is CCCCCN(Cc1cccn1Cc1cccc(C(F)(F)F)c1)C(=O)c1cc(C(F)(F)F)cc(C(F)(F)F)c1. The van der Waals surface area contributed by atoms with Gasteiger partial charge in [0.15, 0.2) is 0 Å². The average Bonchev–Trinajstić information content (AvgIpc) is 3.27. The van der Waals surface area contributed by atoms with E-state index in [4.69, 9.17) is 0 Å². The Morgan fingerprint density at radius 1 is 0.769 bits per heavy atom. The summed E-state index contributed by atoms with van der Waals surface area (Å²) in [6.07, 6.45) is -11.3. The Morgan fingerprint density at radius 3 is 1.95 bits per heavy atom. The Balaban J connectivity index is 1.94. The second-order valence-corrected chi connectivity index (χ2v) is 9.05.